The average Bonchev–Trinajstić information content (AvgIpc) is 3.44. The summed E-state index contributed by atoms with van der Waals surface area (Å²) in [6.07, 6.45) is -4.75. The van der Waals surface area contributed by atoms with Gasteiger partial charge in [-0.1, -0.05) is 0 Å². The molecule has 3 aromatic carbocycles. The first-order valence-corrected chi connectivity index (χ1v) is 13.3. The van der Waals surface area contributed by atoms with E-state index in [9.17, 15) is 22.4 Å². The molecule has 0 spiro atoms. The van der Waals surface area contributed by atoms with Gasteiger partial charge in [0.2, 0.25) is 5.55 Å². The second-order valence-electron chi connectivity index (χ2n) is 9.66. The summed E-state index contributed by atoms with van der Waals surface area (Å²) in [6, 6.07) is 11.6. The van der Waals surface area contributed by atoms with Gasteiger partial charge in [0.05, 0.1) is 55.6 Å². The molecule has 0 saturated carbocycles. The molecule has 0 saturated heterocycles. The summed E-state index contributed by atoms with van der Waals surface area (Å²) in [5.41, 5.74) is 11.7. The Bertz CT molecular complexity index is 1840. The van der Waals surface area contributed by atoms with Crippen LogP contribution in [0.15, 0.2) is 70.1 Å². The maximum Gasteiger partial charge on any atom is 0.416 e. The van der Waals surface area contributed by atoms with Crippen molar-refractivity contribution in [3.8, 4) is 17.2 Å². The van der Waals surface area contributed by atoms with E-state index in [1.54, 1.807) is 42.3 Å². The Morgan fingerprint density at radius 2 is 1.69 bits per heavy atom. The second-order valence-corrected chi connectivity index (χ2v) is 9.66. The number of halogens is 4. The van der Waals surface area contributed by atoms with Crippen LogP contribution in [-0.2, 0) is 12.7 Å². The number of hydrogen-bond acceptors (Lipinski definition) is 9. The number of primary amides is 1. The first-order chi connectivity index (χ1) is 21.4. The Morgan fingerprint density at radius 3 is 2.27 bits per heavy atom. The highest BCUT2D eigenvalue weighted by Gasteiger charge is 2.32. The average molecular weight is 629 g/mol. The zero-order valence-corrected chi connectivity index (χ0v) is 24.2. The Hall–Kier alpha value is -5.60. The number of furan rings is 1. The summed E-state index contributed by atoms with van der Waals surface area (Å²) in [7, 11) is 4.61. The monoisotopic (exact) mass is 628 g/mol. The van der Waals surface area contributed by atoms with Crippen LogP contribution in [0.5, 0.6) is 17.2 Å². The molecule has 5 rings (SSSR count). The van der Waals surface area contributed by atoms with Crippen molar-refractivity contribution >= 4 is 34.8 Å². The molecular formula is C30H28F4N6O5. The van der Waals surface area contributed by atoms with E-state index in [0.29, 0.717) is 68.5 Å². The number of amides is 2. The van der Waals surface area contributed by atoms with E-state index in [1.165, 1.54) is 26.4 Å². The molecule has 45 heavy (non-hydrogen) atoms. The predicted molar refractivity (Wildman–Crippen MR) is 157 cm³/mol. The minimum absolute atomic E-state index is 0.0388. The van der Waals surface area contributed by atoms with Crippen LogP contribution in [0.4, 0.5) is 45.3 Å². The van der Waals surface area contributed by atoms with E-state index >= 15 is 0 Å². The number of nitrogens with two attached hydrogens (primary N) is 2. The molecule has 0 radical (unpaired) electrons. The Balaban J connectivity index is 1.40. The van der Waals surface area contributed by atoms with Crippen molar-refractivity contribution in [1.82, 2.24) is 0 Å². The number of carbonyl (C=O) groups excluding carboxylic acids is 1. The Labute approximate surface area is 253 Å². The quantitative estimate of drug-likeness (QED) is 0.232. The normalized spacial score (nSPS) is 12.7. The van der Waals surface area contributed by atoms with E-state index < -0.39 is 29.3 Å². The van der Waals surface area contributed by atoms with E-state index in [4.69, 9.17) is 30.1 Å². The fourth-order valence-electron chi connectivity index (χ4n) is 4.80. The van der Waals surface area contributed by atoms with Gasteiger partial charge in [-0.15, -0.1) is 0 Å². The molecule has 1 aliphatic rings. The van der Waals surface area contributed by atoms with Crippen LogP contribution in [-0.4, -0.2) is 34.0 Å². The van der Waals surface area contributed by atoms with Crippen LogP contribution in [0.1, 0.15) is 11.1 Å². The van der Waals surface area contributed by atoms with Gasteiger partial charge < -0.3 is 40.3 Å². The molecule has 1 aromatic heterocycles. The van der Waals surface area contributed by atoms with Gasteiger partial charge in [0.15, 0.2) is 5.88 Å². The fourth-order valence-corrected chi connectivity index (χ4v) is 4.80. The highest BCUT2D eigenvalue weighted by Crippen LogP contribution is 2.37. The number of urea groups is 1. The summed E-state index contributed by atoms with van der Waals surface area (Å²) in [4.78, 5) is 19.0. The van der Waals surface area contributed by atoms with Crippen LogP contribution in [0.25, 0.3) is 5.82 Å². The Kier molecular flexibility index (Phi) is 8.35. The summed E-state index contributed by atoms with van der Waals surface area (Å²) in [5, 5.41) is 3.68. The molecule has 4 aromatic rings. The third-order valence-electron chi connectivity index (χ3n) is 7.05. The van der Waals surface area contributed by atoms with Crippen LogP contribution in [0.3, 0.4) is 0 Å². The number of methoxy groups -OCH3 is 3. The number of anilines is 4. The zero-order chi connectivity index (χ0) is 32.5. The van der Waals surface area contributed by atoms with E-state index in [2.05, 4.69) is 10.3 Å². The van der Waals surface area contributed by atoms with Crippen molar-refractivity contribution in [2.45, 2.75) is 12.7 Å². The molecule has 2 amide bonds. The van der Waals surface area contributed by atoms with E-state index in [0.717, 1.165) is 5.56 Å². The van der Waals surface area contributed by atoms with Crippen molar-refractivity contribution < 1.29 is 41.0 Å². The number of nitrogens with zero attached hydrogens (tertiary/aromatic N) is 3. The number of fused-ring (bicyclic) bond motifs is 1. The fraction of sp³-hybridized carbons (Fsp3) is 0.200. The molecular weight excluding hydrogens is 600 g/mol. The summed E-state index contributed by atoms with van der Waals surface area (Å²) < 4.78 is 76.5. The standard InChI is InChI=1S/C30H28F4N6O5/c1-42-19-11-24(43-2)21(25(12-19)44-3)14-37-26-13-20-27(35)39(15-38-28(20)45-26)17-5-7-18(8-6-17)40(29(36)41)23-10-16(30(32,33)34)4-9-22(23)31/h4-13,37H,14-15,35H2,1-3H3,(H2,36,41). The number of hydrogen-bond donors (Lipinski definition) is 3. The maximum atomic E-state index is 14.6. The number of nitrogens with one attached hydrogen (secondary N) is 1. The first kappa shape index (κ1) is 30.8. The lowest BCUT2D eigenvalue weighted by Crippen LogP contribution is -2.42. The second kappa shape index (κ2) is 12.2. The van der Waals surface area contributed by atoms with E-state index in [-0.39, 0.29) is 18.9 Å². The summed E-state index contributed by atoms with van der Waals surface area (Å²) in [6.45, 7) is 0.351. The first-order valence-electron chi connectivity index (χ1n) is 13.3. The van der Waals surface area contributed by atoms with Gasteiger partial charge in [-0.25, -0.2) is 14.2 Å². The van der Waals surface area contributed by atoms with Gasteiger partial charge >= 0.3 is 12.2 Å². The third-order valence-corrected chi connectivity index (χ3v) is 7.05. The van der Waals surface area contributed by atoms with Gasteiger partial charge in [0, 0.05) is 23.9 Å². The highest BCUT2D eigenvalue weighted by atomic mass is 19.4. The molecule has 1 aliphatic heterocycles. The van der Waals surface area contributed by atoms with Gasteiger partial charge in [-0.05, 0) is 42.5 Å². The lowest BCUT2D eigenvalue weighted by molar-refractivity contribution is -0.137. The largest absolute Gasteiger partial charge is 0.496 e. The smallest absolute Gasteiger partial charge is 0.416 e. The SMILES string of the molecule is COc1cc(OC)c(CNc2cc3c(o2)=NCN(c2ccc(N(C(N)=O)c4cc(C(F)(F)F)ccc4F)cc2)C=3N)c(OC)c1. The topological polar surface area (TPSA) is 141 Å². The van der Waals surface area contributed by atoms with Gasteiger partial charge in [-0.3, -0.25) is 4.90 Å². The molecule has 0 fully saturated rings. The third kappa shape index (κ3) is 6.09. The van der Waals surface area contributed by atoms with E-state index in [1.807, 2.05) is 0 Å². The maximum absolute atomic E-state index is 14.6. The van der Waals surface area contributed by atoms with Gasteiger partial charge in [-0.2, -0.15) is 13.2 Å². The summed E-state index contributed by atoms with van der Waals surface area (Å²) in [5.74, 6) is 1.29. The molecule has 2 heterocycles. The predicted octanol–water partition coefficient (Wildman–Crippen LogP) is 4.41. The van der Waals surface area contributed by atoms with Crippen molar-refractivity contribution in [1.29, 1.82) is 0 Å². The zero-order valence-electron chi connectivity index (χ0n) is 24.2. The summed E-state index contributed by atoms with van der Waals surface area (Å²) >= 11 is 0. The molecule has 0 aliphatic carbocycles. The number of ether oxygens (including phenoxy) is 3. The van der Waals surface area contributed by atoms with Crippen LogP contribution < -0.4 is 51.6 Å². The number of alkyl halides is 3. The number of rotatable bonds is 9. The minimum Gasteiger partial charge on any atom is -0.496 e. The number of benzene rings is 3. The van der Waals surface area contributed by atoms with Gasteiger partial charge in [0.1, 0.15) is 35.6 Å². The van der Waals surface area contributed by atoms with Crippen molar-refractivity contribution in [3.05, 3.63) is 88.4 Å². The van der Waals surface area contributed by atoms with Crippen molar-refractivity contribution in [2.75, 3.05) is 43.1 Å². The lowest BCUT2D eigenvalue weighted by Gasteiger charge is -2.26. The van der Waals surface area contributed by atoms with Crippen LogP contribution in [0, 0.1) is 5.82 Å². The van der Waals surface area contributed by atoms with Crippen LogP contribution in [0.2, 0.25) is 0 Å². The lowest BCUT2D eigenvalue weighted by atomic mass is 10.1. The molecule has 15 heteroatoms. The van der Waals surface area contributed by atoms with Crippen molar-refractivity contribution in [3.63, 3.8) is 0 Å². The molecule has 5 N–H and O–H groups in total. The minimum atomic E-state index is -4.75. The molecule has 11 nitrogen and oxygen atoms in total. The number of carbonyl (C=O) groups is 1. The Morgan fingerprint density at radius 1 is 1.02 bits per heavy atom. The van der Waals surface area contributed by atoms with Gasteiger partial charge in [0.25, 0.3) is 0 Å². The highest BCUT2D eigenvalue weighted by molar-refractivity contribution is 5.98. The van der Waals surface area contributed by atoms with Crippen molar-refractivity contribution in [2.24, 2.45) is 16.5 Å². The molecule has 0 atom stereocenters. The molecule has 236 valence electrons. The molecule has 0 unspecified atom stereocenters. The molecule has 0 bridgehead atoms. The van der Waals surface area contributed by atoms with Crippen LogP contribution >= 0.6 is 0 Å².